The normalized spacial score (nSPS) is 18.6. The molecular formula is C17H29N3O2S. The van der Waals surface area contributed by atoms with E-state index in [1.54, 1.807) is 11.3 Å². The summed E-state index contributed by atoms with van der Waals surface area (Å²) in [6.07, 6.45) is 2.04. The highest BCUT2D eigenvalue weighted by Gasteiger charge is 2.30. The molecule has 1 aliphatic heterocycles. The van der Waals surface area contributed by atoms with Crippen LogP contribution < -0.4 is 5.32 Å². The van der Waals surface area contributed by atoms with E-state index in [1.165, 1.54) is 18.4 Å². The number of aromatic nitrogens is 1. The molecule has 1 atom stereocenters. The van der Waals surface area contributed by atoms with Gasteiger partial charge in [0.2, 0.25) is 0 Å². The van der Waals surface area contributed by atoms with E-state index in [9.17, 15) is 4.79 Å². The smallest absolute Gasteiger partial charge is 0.311 e. The molecule has 1 aromatic heterocycles. The van der Waals surface area contributed by atoms with E-state index in [0.717, 1.165) is 44.8 Å². The zero-order valence-corrected chi connectivity index (χ0v) is 15.5. The Morgan fingerprint density at radius 2 is 2.35 bits per heavy atom. The summed E-state index contributed by atoms with van der Waals surface area (Å²) >= 11 is 1.72. The van der Waals surface area contributed by atoms with Crippen LogP contribution in [0.2, 0.25) is 0 Å². The molecule has 2 heterocycles. The van der Waals surface area contributed by atoms with Crippen LogP contribution in [0.25, 0.3) is 0 Å². The average Bonchev–Trinajstić information content (AvgIpc) is 3.16. The molecule has 0 bridgehead atoms. The van der Waals surface area contributed by atoms with E-state index >= 15 is 0 Å². The molecule has 6 heteroatoms. The minimum Gasteiger partial charge on any atom is -0.469 e. The van der Waals surface area contributed by atoms with Gasteiger partial charge in [-0.25, -0.2) is 4.98 Å². The first kappa shape index (κ1) is 18.4. The Balaban J connectivity index is 1.97. The van der Waals surface area contributed by atoms with Gasteiger partial charge in [0.05, 0.1) is 23.7 Å². The summed E-state index contributed by atoms with van der Waals surface area (Å²) in [4.78, 5) is 20.1. The van der Waals surface area contributed by atoms with Gasteiger partial charge in [-0.1, -0.05) is 0 Å². The van der Waals surface area contributed by atoms with Gasteiger partial charge in [0.25, 0.3) is 0 Å². The summed E-state index contributed by atoms with van der Waals surface area (Å²) in [5.74, 6) is 0.568. The lowest BCUT2D eigenvalue weighted by atomic mass is 9.89. The topological polar surface area (TPSA) is 54.5 Å². The second kappa shape index (κ2) is 8.22. The number of hydrogen-bond acceptors (Lipinski definition) is 6. The lowest BCUT2D eigenvalue weighted by Crippen LogP contribution is -2.35. The molecule has 0 aliphatic carbocycles. The zero-order valence-electron chi connectivity index (χ0n) is 14.7. The maximum absolute atomic E-state index is 11.9. The minimum absolute atomic E-state index is 0.131. The van der Waals surface area contributed by atoms with Crippen molar-refractivity contribution >= 4 is 17.3 Å². The summed E-state index contributed by atoms with van der Waals surface area (Å²) in [5.41, 5.74) is 2.60. The first-order valence-electron chi connectivity index (χ1n) is 8.33. The number of carbonyl (C=O) groups excluding carboxylic acids is 1. The van der Waals surface area contributed by atoms with Gasteiger partial charge in [-0.05, 0) is 59.2 Å². The second-order valence-electron chi connectivity index (χ2n) is 7.08. The quantitative estimate of drug-likeness (QED) is 0.737. The molecule has 2 rings (SSSR count). The number of nitrogens with zero attached hydrogens (tertiary/aromatic N) is 2. The second-order valence-corrected chi connectivity index (χ2v) is 8.02. The van der Waals surface area contributed by atoms with Crippen molar-refractivity contribution in [3.05, 3.63) is 16.1 Å². The lowest BCUT2D eigenvalue weighted by Gasteiger charge is -2.29. The molecule has 5 nitrogen and oxygen atoms in total. The average molecular weight is 340 g/mol. The summed E-state index contributed by atoms with van der Waals surface area (Å²) in [6, 6.07) is 0. The van der Waals surface area contributed by atoms with Gasteiger partial charge in [-0.2, -0.15) is 0 Å². The number of esters is 1. The van der Waals surface area contributed by atoms with Crippen molar-refractivity contribution in [2.75, 3.05) is 33.3 Å². The van der Waals surface area contributed by atoms with Gasteiger partial charge in [-0.3, -0.25) is 9.69 Å². The maximum atomic E-state index is 11.9. The van der Waals surface area contributed by atoms with Crippen LogP contribution in [0.5, 0.6) is 0 Å². The number of methoxy groups -OCH3 is 1. The van der Waals surface area contributed by atoms with Gasteiger partial charge in [-0.15, -0.1) is 11.3 Å². The number of nitrogens with one attached hydrogen (secondary N) is 1. The molecule has 1 aliphatic rings. The molecule has 1 fully saturated rings. The Bertz CT molecular complexity index is 510. The van der Waals surface area contributed by atoms with E-state index in [0.29, 0.717) is 5.92 Å². The molecule has 1 aromatic rings. The summed E-state index contributed by atoms with van der Waals surface area (Å²) in [6.45, 7) is 11.1. The van der Waals surface area contributed by atoms with Crippen LogP contribution in [0.15, 0.2) is 5.51 Å². The Hall–Kier alpha value is -0.980. The Labute approximate surface area is 143 Å². The molecule has 23 heavy (non-hydrogen) atoms. The third-order valence-corrected chi connectivity index (χ3v) is 5.60. The van der Waals surface area contributed by atoms with E-state index in [-0.39, 0.29) is 5.97 Å². The highest BCUT2D eigenvalue weighted by atomic mass is 32.1. The van der Waals surface area contributed by atoms with Crippen LogP contribution in [-0.4, -0.2) is 49.1 Å². The fourth-order valence-electron chi connectivity index (χ4n) is 2.97. The monoisotopic (exact) mass is 339 g/mol. The van der Waals surface area contributed by atoms with Gasteiger partial charge in [0.15, 0.2) is 0 Å². The number of ether oxygens (including phenoxy) is 1. The number of carbonyl (C=O) groups is 1. The minimum atomic E-state index is -0.441. The summed E-state index contributed by atoms with van der Waals surface area (Å²) in [5, 5.41) is 3.44. The molecule has 1 saturated heterocycles. The zero-order chi connectivity index (χ0) is 16.9. The van der Waals surface area contributed by atoms with Crippen molar-refractivity contribution in [2.24, 2.45) is 11.3 Å². The summed E-state index contributed by atoms with van der Waals surface area (Å²) in [7, 11) is 1.47. The Morgan fingerprint density at radius 3 is 2.91 bits per heavy atom. The van der Waals surface area contributed by atoms with Crippen LogP contribution in [-0.2, 0) is 16.1 Å². The van der Waals surface area contributed by atoms with Crippen LogP contribution in [0.4, 0.5) is 0 Å². The fourth-order valence-corrected chi connectivity index (χ4v) is 3.79. The standard InChI is InChI=1S/C17H29N3O2S/c1-13-15(23-12-19-13)11-20(10-14-5-7-18-9-14)8-6-17(2,3)16(21)22-4/h12,14,18H,5-11H2,1-4H3. The van der Waals surface area contributed by atoms with E-state index in [2.05, 4.69) is 22.1 Å². The van der Waals surface area contributed by atoms with Crippen molar-refractivity contribution in [2.45, 2.75) is 40.2 Å². The van der Waals surface area contributed by atoms with Crippen molar-refractivity contribution in [1.29, 1.82) is 0 Å². The number of hydrogen-bond donors (Lipinski definition) is 1. The first-order valence-corrected chi connectivity index (χ1v) is 9.21. The Kier molecular flexibility index (Phi) is 6.56. The van der Waals surface area contributed by atoms with Crippen LogP contribution in [0, 0.1) is 18.3 Å². The van der Waals surface area contributed by atoms with Crippen LogP contribution >= 0.6 is 11.3 Å². The third kappa shape index (κ3) is 5.26. The molecular weight excluding hydrogens is 310 g/mol. The Morgan fingerprint density at radius 1 is 1.57 bits per heavy atom. The number of rotatable bonds is 8. The predicted octanol–water partition coefficient (Wildman–Crippen LogP) is 2.45. The van der Waals surface area contributed by atoms with Crippen molar-refractivity contribution in [3.8, 4) is 0 Å². The molecule has 0 aromatic carbocycles. The lowest BCUT2D eigenvalue weighted by molar-refractivity contribution is -0.151. The first-order chi connectivity index (χ1) is 10.9. The predicted molar refractivity (Wildman–Crippen MR) is 93.5 cm³/mol. The largest absolute Gasteiger partial charge is 0.469 e. The van der Waals surface area contributed by atoms with Crippen molar-refractivity contribution < 1.29 is 9.53 Å². The SMILES string of the molecule is COC(=O)C(C)(C)CCN(Cc1scnc1C)CC1CCNC1. The van der Waals surface area contributed by atoms with Gasteiger partial charge in [0, 0.05) is 18.0 Å². The third-order valence-electron chi connectivity index (χ3n) is 4.68. The fraction of sp³-hybridized carbons (Fsp3) is 0.765. The molecule has 130 valence electrons. The van der Waals surface area contributed by atoms with Crippen LogP contribution in [0.3, 0.4) is 0 Å². The highest BCUT2D eigenvalue weighted by Crippen LogP contribution is 2.24. The van der Waals surface area contributed by atoms with Gasteiger partial charge in [0.1, 0.15) is 0 Å². The van der Waals surface area contributed by atoms with Gasteiger partial charge < -0.3 is 10.1 Å². The molecule has 1 unspecified atom stereocenters. The molecule has 0 spiro atoms. The van der Waals surface area contributed by atoms with E-state index in [1.807, 2.05) is 19.4 Å². The summed E-state index contributed by atoms with van der Waals surface area (Å²) < 4.78 is 4.93. The van der Waals surface area contributed by atoms with E-state index < -0.39 is 5.41 Å². The number of thiazole rings is 1. The molecule has 0 radical (unpaired) electrons. The molecule has 1 N–H and O–H groups in total. The van der Waals surface area contributed by atoms with Gasteiger partial charge >= 0.3 is 5.97 Å². The maximum Gasteiger partial charge on any atom is 0.311 e. The highest BCUT2D eigenvalue weighted by molar-refractivity contribution is 7.09. The van der Waals surface area contributed by atoms with Crippen molar-refractivity contribution in [1.82, 2.24) is 15.2 Å². The molecule has 0 saturated carbocycles. The number of aryl methyl sites for hydroxylation is 1. The van der Waals surface area contributed by atoms with E-state index in [4.69, 9.17) is 4.74 Å². The molecule has 0 amide bonds. The van der Waals surface area contributed by atoms with Crippen LogP contribution in [0.1, 0.15) is 37.3 Å². The van der Waals surface area contributed by atoms with Crippen molar-refractivity contribution in [3.63, 3.8) is 0 Å².